The van der Waals surface area contributed by atoms with Crippen molar-refractivity contribution in [1.82, 2.24) is 4.90 Å². The predicted molar refractivity (Wildman–Crippen MR) is 68.3 cm³/mol. The SMILES string of the molecule is OC1CCCCC1CN1CCCC2(C1)OCCO2. The highest BCUT2D eigenvalue weighted by molar-refractivity contribution is 4.86. The molecule has 18 heavy (non-hydrogen) atoms. The third-order valence-corrected chi connectivity index (χ3v) is 4.67. The fourth-order valence-electron chi connectivity index (χ4n) is 3.69. The van der Waals surface area contributed by atoms with Crippen molar-refractivity contribution in [2.24, 2.45) is 5.92 Å². The van der Waals surface area contributed by atoms with E-state index in [-0.39, 0.29) is 11.9 Å². The lowest BCUT2D eigenvalue weighted by Gasteiger charge is -2.41. The molecule has 1 aliphatic carbocycles. The zero-order valence-electron chi connectivity index (χ0n) is 11.1. The van der Waals surface area contributed by atoms with Crippen molar-refractivity contribution in [2.45, 2.75) is 50.4 Å². The lowest BCUT2D eigenvalue weighted by atomic mass is 9.85. The molecule has 0 amide bonds. The van der Waals surface area contributed by atoms with E-state index in [9.17, 15) is 5.11 Å². The second-order valence-corrected chi connectivity index (χ2v) is 6.06. The average molecular weight is 255 g/mol. The molecule has 2 saturated heterocycles. The molecule has 1 saturated carbocycles. The van der Waals surface area contributed by atoms with E-state index in [4.69, 9.17) is 9.47 Å². The Balaban J connectivity index is 1.55. The van der Waals surface area contributed by atoms with Crippen LogP contribution >= 0.6 is 0 Å². The summed E-state index contributed by atoms with van der Waals surface area (Å²) in [6.45, 7) is 4.49. The largest absolute Gasteiger partial charge is 0.393 e. The number of hydrogen-bond donors (Lipinski definition) is 1. The number of aliphatic hydroxyl groups is 1. The standard InChI is InChI=1S/C14H25NO3/c16-13-5-2-1-4-12(13)10-15-7-3-6-14(11-15)17-8-9-18-14/h12-13,16H,1-11H2. The monoisotopic (exact) mass is 255 g/mol. The van der Waals surface area contributed by atoms with Gasteiger partial charge in [-0.05, 0) is 31.7 Å². The summed E-state index contributed by atoms with van der Waals surface area (Å²) < 4.78 is 11.6. The number of nitrogens with zero attached hydrogens (tertiary/aromatic N) is 1. The highest BCUT2D eigenvalue weighted by Gasteiger charge is 2.41. The van der Waals surface area contributed by atoms with Crippen LogP contribution in [0.15, 0.2) is 0 Å². The van der Waals surface area contributed by atoms with Gasteiger partial charge in [0, 0.05) is 13.0 Å². The Morgan fingerprint density at radius 2 is 1.89 bits per heavy atom. The molecule has 4 heteroatoms. The minimum Gasteiger partial charge on any atom is -0.393 e. The van der Waals surface area contributed by atoms with E-state index in [0.29, 0.717) is 5.92 Å². The molecule has 0 aromatic rings. The van der Waals surface area contributed by atoms with E-state index in [1.807, 2.05) is 0 Å². The minimum absolute atomic E-state index is 0.0953. The number of ether oxygens (including phenoxy) is 2. The molecule has 2 atom stereocenters. The van der Waals surface area contributed by atoms with Crippen LogP contribution in [0.2, 0.25) is 0 Å². The molecule has 4 nitrogen and oxygen atoms in total. The molecule has 3 aliphatic rings. The fourth-order valence-corrected chi connectivity index (χ4v) is 3.69. The van der Waals surface area contributed by atoms with Gasteiger partial charge in [0.05, 0.1) is 25.9 Å². The highest BCUT2D eigenvalue weighted by atomic mass is 16.7. The van der Waals surface area contributed by atoms with Crippen LogP contribution in [0.4, 0.5) is 0 Å². The Hall–Kier alpha value is -0.160. The summed E-state index contributed by atoms with van der Waals surface area (Å²) in [6, 6.07) is 0. The first-order valence-corrected chi connectivity index (χ1v) is 7.46. The van der Waals surface area contributed by atoms with Crippen molar-refractivity contribution in [3.8, 4) is 0 Å². The molecule has 3 rings (SSSR count). The Bertz CT molecular complexity index is 278. The molecular weight excluding hydrogens is 230 g/mol. The second-order valence-electron chi connectivity index (χ2n) is 6.06. The fraction of sp³-hybridized carbons (Fsp3) is 1.00. The molecule has 2 heterocycles. The summed E-state index contributed by atoms with van der Waals surface area (Å²) in [7, 11) is 0. The van der Waals surface area contributed by atoms with Crippen molar-refractivity contribution in [1.29, 1.82) is 0 Å². The third kappa shape index (κ3) is 2.72. The molecule has 1 spiro atoms. The van der Waals surface area contributed by atoms with Crippen molar-refractivity contribution in [3.63, 3.8) is 0 Å². The van der Waals surface area contributed by atoms with E-state index < -0.39 is 0 Å². The summed E-state index contributed by atoms with van der Waals surface area (Å²) in [5.41, 5.74) is 0. The molecule has 0 radical (unpaired) electrons. The van der Waals surface area contributed by atoms with Gasteiger partial charge in [0.25, 0.3) is 0 Å². The Labute approximate surface area is 109 Å². The van der Waals surface area contributed by atoms with E-state index >= 15 is 0 Å². The molecule has 0 aromatic heterocycles. The predicted octanol–water partition coefficient (Wildman–Crippen LogP) is 1.38. The van der Waals surface area contributed by atoms with Crippen LogP contribution in [0.5, 0.6) is 0 Å². The van der Waals surface area contributed by atoms with Gasteiger partial charge < -0.3 is 14.6 Å². The normalized spacial score (nSPS) is 37.2. The van der Waals surface area contributed by atoms with Crippen LogP contribution in [-0.2, 0) is 9.47 Å². The average Bonchev–Trinajstić information content (AvgIpc) is 2.80. The van der Waals surface area contributed by atoms with Gasteiger partial charge in [0.2, 0.25) is 0 Å². The Morgan fingerprint density at radius 1 is 1.11 bits per heavy atom. The molecule has 104 valence electrons. The van der Waals surface area contributed by atoms with E-state index in [2.05, 4.69) is 4.90 Å². The maximum Gasteiger partial charge on any atom is 0.181 e. The zero-order valence-corrected chi connectivity index (χ0v) is 11.1. The molecule has 2 aliphatic heterocycles. The number of hydrogen-bond acceptors (Lipinski definition) is 4. The lowest BCUT2D eigenvalue weighted by Crippen LogP contribution is -2.51. The van der Waals surface area contributed by atoms with Gasteiger partial charge in [-0.15, -0.1) is 0 Å². The van der Waals surface area contributed by atoms with Crippen LogP contribution in [0.25, 0.3) is 0 Å². The van der Waals surface area contributed by atoms with Gasteiger partial charge >= 0.3 is 0 Å². The molecule has 0 aromatic carbocycles. The zero-order chi connectivity index (χ0) is 12.4. The van der Waals surface area contributed by atoms with E-state index in [1.165, 1.54) is 19.3 Å². The first-order valence-electron chi connectivity index (χ1n) is 7.46. The van der Waals surface area contributed by atoms with Gasteiger partial charge in [-0.2, -0.15) is 0 Å². The van der Waals surface area contributed by atoms with Crippen LogP contribution < -0.4 is 0 Å². The maximum absolute atomic E-state index is 10.1. The van der Waals surface area contributed by atoms with Crippen LogP contribution in [0.3, 0.4) is 0 Å². The van der Waals surface area contributed by atoms with Crippen LogP contribution in [0.1, 0.15) is 38.5 Å². The number of rotatable bonds is 2. The van der Waals surface area contributed by atoms with E-state index in [0.717, 1.165) is 52.1 Å². The van der Waals surface area contributed by atoms with Gasteiger partial charge in [0.15, 0.2) is 5.79 Å². The summed E-state index contributed by atoms with van der Waals surface area (Å²) in [5, 5.41) is 10.1. The van der Waals surface area contributed by atoms with Gasteiger partial charge in [0.1, 0.15) is 0 Å². The molecule has 0 bridgehead atoms. The Morgan fingerprint density at radius 3 is 2.67 bits per heavy atom. The minimum atomic E-state index is -0.322. The van der Waals surface area contributed by atoms with Crippen LogP contribution in [-0.4, -0.2) is 54.7 Å². The first-order chi connectivity index (χ1) is 8.77. The van der Waals surface area contributed by atoms with Crippen molar-refractivity contribution in [3.05, 3.63) is 0 Å². The Kier molecular flexibility index (Phi) is 3.89. The summed E-state index contributed by atoms with van der Waals surface area (Å²) in [4.78, 5) is 2.44. The molecule has 3 fully saturated rings. The van der Waals surface area contributed by atoms with Gasteiger partial charge in [-0.1, -0.05) is 12.8 Å². The molecule has 1 N–H and O–H groups in total. The summed E-state index contributed by atoms with van der Waals surface area (Å²) in [6.07, 6.45) is 6.69. The van der Waals surface area contributed by atoms with Gasteiger partial charge in [-0.25, -0.2) is 0 Å². The summed E-state index contributed by atoms with van der Waals surface area (Å²) in [5.74, 6) is 0.132. The van der Waals surface area contributed by atoms with Crippen molar-refractivity contribution >= 4 is 0 Å². The number of piperidine rings is 1. The molecular formula is C14H25NO3. The topological polar surface area (TPSA) is 41.9 Å². The number of aliphatic hydroxyl groups excluding tert-OH is 1. The highest BCUT2D eigenvalue weighted by Crippen LogP contribution is 2.32. The smallest absolute Gasteiger partial charge is 0.181 e. The quantitative estimate of drug-likeness (QED) is 0.809. The van der Waals surface area contributed by atoms with Crippen molar-refractivity contribution in [2.75, 3.05) is 32.8 Å². The summed E-state index contributed by atoms with van der Waals surface area (Å²) >= 11 is 0. The second kappa shape index (κ2) is 5.45. The molecule has 2 unspecified atom stereocenters. The maximum atomic E-state index is 10.1. The lowest BCUT2D eigenvalue weighted by molar-refractivity contribution is -0.191. The first kappa shape index (κ1) is 12.9. The van der Waals surface area contributed by atoms with Crippen LogP contribution in [0, 0.1) is 5.92 Å². The number of likely N-dealkylation sites (tertiary alicyclic amines) is 1. The van der Waals surface area contributed by atoms with Crippen molar-refractivity contribution < 1.29 is 14.6 Å². The van der Waals surface area contributed by atoms with Gasteiger partial charge in [-0.3, -0.25) is 4.90 Å². The van der Waals surface area contributed by atoms with E-state index in [1.54, 1.807) is 0 Å². The third-order valence-electron chi connectivity index (χ3n) is 4.67.